The molecule has 104 valence electrons. The van der Waals surface area contributed by atoms with Gasteiger partial charge in [0.25, 0.3) is 0 Å². The molecule has 0 N–H and O–H groups in total. The van der Waals surface area contributed by atoms with Crippen molar-refractivity contribution in [1.29, 1.82) is 0 Å². The Morgan fingerprint density at radius 2 is 2.05 bits per heavy atom. The summed E-state index contributed by atoms with van der Waals surface area (Å²) in [5.41, 5.74) is 1.23. The maximum absolute atomic E-state index is 11.7. The van der Waals surface area contributed by atoms with Gasteiger partial charge in [-0.25, -0.2) is 0 Å². The molecule has 1 aromatic carbocycles. The first-order valence-corrected chi connectivity index (χ1v) is 7.44. The number of hydrogen-bond acceptors (Lipinski definition) is 2. The molecule has 1 aliphatic rings. The standard InChI is InChI=1S/C17H24O2/c1-2-16-12-14(8-9-17(16)18)10-11-19-13-15-6-4-3-5-7-15/h3-7,14,16H,2,8-13H2,1H3/t14-,16+/m1/s1. The third-order valence-corrected chi connectivity index (χ3v) is 4.15. The van der Waals surface area contributed by atoms with E-state index in [1.54, 1.807) is 0 Å². The van der Waals surface area contributed by atoms with E-state index in [-0.39, 0.29) is 0 Å². The van der Waals surface area contributed by atoms with Crippen molar-refractivity contribution in [3.8, 4) is 0 Å². The van der Waals surface area contributed by atoms with Crippen LogP contribution < -0.4 is 0 Å². The Bertz CT molecular complexity index is 386. The highest BCUT2D eigenvalue weighted by Gasteiger charge is 2.26. The maximum atomic E-state index is 11.7. The second kappa shape index (κ2) is 7.44. The fraction of sp³-hybridized carbons (Fsp3) is 0.588. The summed E-state index contributed by atoms with van der Waals surface area (Å²) < 4.78 is 5.73. The molecule has 0 spiro atoms. The zero-order valence-corrected chi connectivity index (χ0v) is 11.8. The first-order valence-electron chi connectivity index (χ1n) is 7.44. The molecular weight excluding hydrogens is 236 g/mol. The van der Waals surface area contributed by atoms with Crippen LogP contribution in [-0.2, 0) is 16.1 Å². The highest BCUT2D eigenvalue weighted by molar-refractivity contribution is 5.81. The topological polar surface area (TPSA) is 26.3 Å². The van der Waals surface area contributed by atoms with E-state index >= 15 is 0 Å². The molecule has 1 aromatic rings. The van der Waals surface area contributed by atoms with Crippen molar-refractivity contribution in [3.63, 3.8) is 0 Å². The molecule has 2 rings (SSSR count). The van der Waals surface area contributed by atoms with Crippen molar-refractivity contribution >= 4 is 5.78 Å². The Balaban J connectivity index is 1.65. The van der Waals surface area contributed by atoms with Gasteiger partial charge in [-0.15, -0.1) is 0 Å². The van der Waals surface area contributed by atoms with Crippen LogP contribution in [0, 0.1) is 11.8 Å². The molecule has 0 bridgehead atoms. The van der Waals surface area contributed by atoms with E-state index < -0.39 is 0 Å². The number of hydrogen-bond donors (Lipinski definition) is 0. The van der Waals surface area contributed by atoms with Crippen LogP contribution in [0.3, 0.4) is 0 Å². The van der Waals surface area contributed by atoms with Gasteiger partial charge in [-0.2, -0.15) is 0 Å². The smallest absolute Gasteiger partial charge is 0.135 e. The SMILES string of the molecule is CC[C@H]1C[C@@H](CCOCc2ccccc2)CCC1=O. The largest absolute Gasteiger partial charge is 0.377 e. The predicted molar refractivity (Wildman–Crippen MR) is 76.8 cm³/mol. The molecule has 1 fully saturated rings. The molecule has 0 saturated heterocycles. The van der Waals surface area contributed by atoms with Crippen molar-refractivity contribution in [2.24, 2.45) is 11.8 Å². The lowest BCUT2D eigenvalue weighted by Crippen LogP contribution is -2.25. The third kappa shape index (κ3) is 4.46. The quantitative estimate of drug-likeness (QED) is 0.723. The second-order valence-electron chi connectivity index (χ2n) is 5.54. The van der Waals surface area contributed by atoms with Gasteiger partial charge in [-0.1, -0.05) is 37.3 Å². The Morgan fingerprint density at radius 1 is 1.26 bits per heavy atom. The maximum Gasteiger partial charge on any atom is 0.135 e. The van der Waals surface area contributed by atoms with E-state index in [0.717, 1.165) is 38.7 Å². The van der Waals surface area contributed by atoms with Crippen LogP contribution in [0.4, 0.5) is 0 Å². The molecule has 19 heavy (non-hydrogen) atoms. The first-order chi connectivity index (χ1) is 9.29. The lowest BCUT2D eigenvalue weighted by Gasteiger charge is -2.27. The van der Waals surface area contributed by atoms with E-state index in [0.29, 0.717) is 24.2 Å². The van der Waals surface area contributed by atoms with Gasteiger partial charge >= 0.3 is 0 Å². The molecule has 2 heteroatoms. The summed E-state index contributed by atoms with van der Waals surface area (Å²) in [7, 11) is 0. The molecule has 0 aromatic heterocycles. The summed E-state index contributed by atoms with van der Waals surface area (Å²) in [6.07, 6.45) is 5.01. The third-order valence-electron chi connectivity index (χ3n) is 4.15. The van der Waals surface area contributed by atoms with Crippen molar-refractivity contribution in [1.82, 2.24) is 0 Å². The summed E-state index contributed by atoms with van der Waals surface area (Å²) in [6.45, 7) is 3.63. The lowest BCUT2D eigenvalue weighted by atomic mass is 9.78. The van der Waals surface area contributed by atoms with Crippen LogP contribution in [0.15, 0.2) is 30.3 Å². The number of carbonyl (C=O) groups excluding carboxylic acids is 1. The highest BCUT2D eigenvalue weighted by Crippen LogP contribution is 2.30. The molecule has 0 amide bonds. The van der Waals surface area contributed by atoms with Crippen LogP contribution in [0.5, 0.6) is 0 Å². The van der Waals surface area contributed by atoms with Gasteiger partial charge in [0, 0.05) is 18.9 Å². The molecule has 1 saturated carbocycles. The van der Waals surface area contributed by atoms with Crippen molar-refractivity contribution in [2.75, 3.05) is 6.61 Å². The minimum atomic E-state index is 0.313. The zero-order chi connectivity index (χ0) is 13.5. The predicted octanol–water partition coefficient (Wildman–Crippen LogP) is 3.99. The van der Waals surface area contributed by atoms with Gasteiger partial charge in [0.1, 0.15) is 5.78 Å². The number of ether oxygens (including phenoxy) is 1. The van der Waals surface area contributed by atoms with Crippen LogP contribution in [0.2, 0.25) is 0 Å². The minimum Gasteiger partial charge on any atom is -0.377 e. The van der Waals surface area contributed by atoms with Gasteiger partial charge in [0.05, 0.1) is 6.61 Å². The van der Waals surface area contributed by atoms with Gasteiger partial charge < -0.3 is 4.74 Å². The summed E-state index contributed by atoms with van der Waals surface area (Å²) >= 11 is 0. The van der Waals surface area contributed by atoms with E-state index in [1.165, 1.54) is 5.56 Å². The van der Waals surface area contributed by atoms with E-state index in [9.17, 15) is 4.79 Å². The fourth-order valence-corrected chi connectivity index (χ4v) is 2.87. The average molecular weight is 260 g/mol. The number of rotatable bonds is 6. The van der Waals surface area contributed by atoms with Gasteiger partial charge in [-0.3, -0.25) is 4.79 Å². The van der Waals surface area contributed by atoms with Crippen molar-refractivity contribution < 1.29 is 9.53 Å². The number of ketones is 1. The Kier molecular flexibility index (Phi) is 5.59. The number of carbonyl (C=O) groups is 1. The Morgan fingerprint density at radius 3 is 2.79 bits per heavy atom. The van der Waals surface area contributed by atoms with Crippen LogP contribution >= 0.6 is 0 Å². The molecule has 2 nitrogen and oxygen atoms in total. The fourth-order valence-electron chi connectivity index (χ4n) is 2.87. The molecular formula is C17H24O2. The van der Waals surface area contributed by atoms with Crippen LogP contribution in [-0.4, -0.2) is 12.4 Å². The monoisotopic (exact) mass is 260 g/mol. The number of Topliss-reactive ketones (excluding diaryl/α,β-unsaturated/α-hetero) is 1. The van der Waals surface area contributed by atoms with Gasteiger partial charge in [-0.05, 0) is 37.2 Å². The van der Waals surface area contributed by atoms with Crippen molar-refractivity contribution in [2.45, 2.75) is 45.6 Å². The molecule has 0 unspecified atom stereocenters. The van der Waals surface area contributed by atoms with E-state index in [1.807, 2.05) is 18.2 Å². The molecule has 0 aliphatic heterocycles. The Labute approximate surface area is 116 Å². The summed E-state index contributed by atoms with van der Waals surface area (Å²) in [5, 5.41) is 0. The van der Waals surface area contributed by atoms with Crippen LogP contribution in [0.25, 0.3) is 0 Å². The van der Waals surface area contributed by atoms with Gasteiger partial charge in [0.2, 0.25) is 0 Å². The molecule has 1 aliphatic carbocycles. The molecule has 0 radical (unpaired) electrons. The zero-order valence-electron chi connectivity index (χ0n) is 11.8. The van der Waals surface area contributed by atoms with E-state index in [2.05, 4.69) is 19.1 Å². The second-order valence-corrected chi connectivity index (χ2v) is 5.54. The minimum absolute atomic E-state index is 0.313. The Hall–Kier alpha value is -1.15. The van der Waals surface area contributed by atoms with Crippen molar-refractivity contribution in [3.05, 3.63) is 35.9 Å². The normalized spacial score (nSPS) is 23.5. The number of benzene rings is 1. The summed E-state index contributed by atoms with van der Waals surface area (Å²) in [6, 6.07) is 10.3. The lowest BCUT2D eigenvalue weighted by molar-refractivity contribution is -0.125. The molecule has 0 heterocycles. The van der Waals surface area contributed by atoms with Gasteiger partial charge in [0.15, 0.2) is 0 Å². The van der Waals surface area contributed by atoms with E-state index in [4.69, 9.17) is 4.74 Å². The van der Waals surface area contributed by atoms with Crippen LogP contribution in [0.1, 0.15) is 44.6 Å². The molecule has 2 atom stereocenters. The average Bonchev–Trinajstić information content (AvgIpc) is 2.46. The summed E-state index contributed by atoms with van der Waals surface area (Å²) in [4.78, 5) is 11.7. The first kappa shape index (κ1) is 14.3. The summed E-state index contributed by atoms with van der Waals surface area (Å²) in [5.74, 6) is 1.47. The highest BCUT2D eigenvalue weighted by atomic mass is 16.5.